The topological polar surface area (TPSA) is 99.0 Å². The van der Waals surface area contributed by atoms with Gasteiger partial charge in [-0.3, -0.25) is 4.79 Å². The van der Waals surface area contributed by atoms with Crippen molar-refractivity contribution in [2.75, 3.05) is 0 Å². The van der Waals surface area contributed by atoms with Crippen LogP contribution in [0.5, 0.6) is 0 Å². The minimum atomic E-state index is -0.504. The molecule has 0 bridgehead atoms. The number of nitrogens with one attached hydrogen (secondary N) is 1. The van der Waals surface area contributed by atoms with Gasteiger partial charge in [0.2, 0.25) is 11.7 Å². The lowest BCUT2D eigenvalue weighted by atomic mass is 10.1. The van der Waals surface area contributed by atoms with E-state index < -0.39 is 6.04 Å². The van der Waals surface area contributed by atoms with Crippen molar-refractivity contribution in [1.82, 2.24) is 25.2 Å². The Balaban J connectivity index is 1.41. The van der Waals surface area contributed by atoms with Gasteiger partial charge < -0.3 is 14.3 Å². The first-order valence-electron chi connectivity index (χ1n) is 10.5. The fraction of sp³-hybridized carbons (Fsp3) is 0.120. The Labute approximate surface area is 189 Å². The van der Waals surface area contributed by atoms with E-state index in [1.54, 1.807) is 36.1 Å². The number of carbonyl (C=O) groups excluding carboxylic acids is 1. The number of para-hydroxylation sites is 1. The Morgan fingerprint density at radius 2 is 1.82 bits per heavy atom. The van der Waals surface area contributed by atoms with E-state index in [1.165, 1.54) is 0 Å². The van der Waals surface area contributed by atoms with Crippen molar-refractivity contribution in [2.45, 2.75) is 19.9 Å². The van der Waals surface area contributed by atoms with E-state index in [9.17, 15) is 4.79 Å². The smallest absolute Gasteiger partial charge is 0.270 e. The minimum absolute atomic E-state index is 0.316. The molecule has 3 aromatic heterocycles. The highest BCUT2D eigenvalue weighted by Gasteiger charge is 2.23. The number of nitrogens with zero attached hydrogens (tertiary/aromatic N) is 4. The van der Waals surface area contributed by atoms with Gasteiger partial charge in [-0.2, -0.15) is 10.1 Å². The maximum Gasteiger partial charge on any atom is 0.270 e. The highest BCUT2D eigenvalue weighted by Crippen LogP contribution is 2.23. The molecule has 3 heterocycles. The van der Waals surface area contributed by atoms with E-state index in [-0.39, 0.29) is 5.91 Å². The summed E-state index contributed by atoms with van der Waals surface area (Å²) in [5.74, 6) is 1.04. The summed E-state index contributed by atoms with van der Waals surface area (Å²) in [6.45, 7) is 3.81. The molecule has 0 saturated heterocycles. The number of hydrogen-bond donors (Lipinski definition) is 1. The lowest BCUT2D eigenvalue weighted by Gasteiger charge is -2.11. The monoisotopic (exact) mass is 439 g/mol. The van der Waals surface area contributed by atoms with E-state index in [0.29, 0.717) is 28.9 Å². The van der Waals surface area contributed by atoms with Crippen molar-refractivity contribution in [3.8, 4) is 28.5 Å². The molecule has 0 radical (unpaired) electrons. The molecule has 1 amide bonds. The first-order chi connectivity index (χ1) is 16.1. The van der Waals surface area contributed by atoms with Crippen LogP contribution in [0.25, 0.3) is 28.5 Å². The summed E-state index contributed by atoms with van der Waals surface area (Å²) in [5.41, 5.74) is 3.66. The Bertz CT molecular complexity index is 1370. The third kappa shape index (κ3) is 4.18. The molecule has 8 nitrogen and oxygen atoms in total. The van der Waals surface area contributed by atoms with Gasteiger partial charge in [0, 0.05) is 11.6 Å². The molecule has 164 valence electrons. The first-order valence-corrected chi connectivity index (χ1v) is 10.5. The summed E-state index contributed by atoms with van der Waals surface area (Å²) >= 11 is 0. The first kappa shape index (κ1) is 20.4. The van der Waals surface area contributed by atoms with E-state index in [2.05, 4.69) is 20.6 Å². The van der Waals surface area contributed by atoms with Gasteiger partial charge in [0.05, 0.1) is 12.0 Å². The van der Waals surface area contributed by atoms with Crippen LogP contribution < -0.4 is 5.32 Å². The zero-order chi connectivity index (χ0) is 22.8. The molecule has 1 N–H and O–H groups in total. The fourth-order valence-corrected chi connectivity index (χ4v) is 3.42. The van der Waals surface area contributed by atoms with Crippen LogP contribution in [0.3, 0.4) is 0 Å². The molecule has 5 rings (SSSR count). The molecule has 0 saturated carbocycles. The van der Waals surface area contributed by atoms with Crippen molar-refractivity contribution in [2.24, 2.45) is 0 Å². The standard InChI is InChI=1S/C25H21N5O3/c1-16-10-12-18(13-11-16)23-27-25(33-29-23)17(2)26-24(31)21-15-20(22-9-6-14-32-22)28-30(21)19-7-4-3-5-8-19/h3-15,17H,1-2H3,(H,26,31). The van der Waals surface area contributed by atoms with Crippen LogP contribution in [0.1, 0.15) is 34.9 Å². The van der Waals surface area contributed by atoms with Gasteiger partial charge in [-0.25, -0.2) is 4.68 Å². The van der Waals surface area contributed by atoms with Crippen molar-refractivity contribution < 1.29 is 13.7 Å². The van der Waals surface area contributed by atoms with Crippen molar-refractivity contribution >= 4 is 5.91 Å². The number of furan rings is 1. The quantitative estimate of drug-likeness (QED) is 0.401. The minimum Gasteiger partial charge on any atom is -0.463 e. The van der Waals surface area contributed by atoms with Gasteiger partial charge in [0.15, 0.2) is 5.76 Å². The van der Waals surface area contributed by atoms with Gasteiger partial charge in [0.1, 0.15) is 17.4 Å². The van der Waals surface area contributed by atoms with E-state index in [0.717, 1.165) is 16.8 Å². The van der Waals surface area contributed by atoms with Crippen LogP contribution in [-0.2, 0) is 0 Å². The maximum absolute atomic E-state index is 13.2. The second kappa shape index (κ2) is 8.58. The average molecular weight is 439 g/mol. The number of benzene rings is 2. The Kier molecular flexibility index (Phi) is 5.32. The zero-order valence-corrected chi connectivity index (χ0v) is 18.1. The zero-order valence-electron chi connectivity index (χ0n) is 18.1. The lowest BCUT2D eigenvalue weighted by Crippen LogP contribution is -2.28. The van der Waals surface area contributed by atoms with Gasteiger partial charge in [-0.15, -0.1) is 0 Å². The second-order valence-corrected chi connectivity index (χ2v) is 7.66. The van der Waals surface area contributed by atoms with Gasteiger partial charge in [-0.05, 0) is 38.1 Å². The SMILES string of the molecule is Cc1ccc(-c2noc(C(C)NC(=O)c3cc(-c4ccco4)nn3-c3ccccc3)n2)cc1. The van der Waals surface area contributed by atoms with Crippen LogP contribution in [-0.4, -0.2) is 25.8 Å². The molecule has 0 aliphatic rings. The van der Waals surface area contributed by atoms with Gasteiger partial charge in [0.25, 0.3) is 5.91 Å². The van der Waals surface area contributed by atoms with Crippen LogP contribution >= 0.6 is 0 Å². The normalized spacial score (nSPS) is 11.9. The predicted molar refractivity (Wildman–Crippen MR) is 122 cm³/mol. The van der Waals surface area contributed by atoms with E-state index in [1.807, 2.05) is 61.5 Å². The molecule has 0 aliphatic heterocycles. The van der Waals surface area contributed by atoms with E-state index >= 15 is 0 Å². The highest BCUT2D eigenvalue weighted by molar-refractivity contribution is 5.94. The van der Waals surface area contributed by atoms with E-state index in [4.69, 9.17) is 8.94 Å². The molecule has 1 unspecified atom stereocenters. The number of carbonyl (C=O) groups is 1. The summed E-state index contributed by atoms with van der Waals surface area (Å²) < 4.78 is 12.5. The number of rotatable bonds is 6. The van der Waals surface area contributed by atoms with Gasteiger partial charge in [-0.1, -0.05) is 53.2 Å². The number of aromatic nitrogens is 4. The Morgan fingerprint density at radius 3 is 2.55 bits per heavy atom. The molecule has 0 spiro atoms. The largest absolute Gasteiger partial charge is 0.463 e. The Morgan fingerprint density at radius 1 is 1.03 bits per heavy atom. The molecule has 2 aromatic carbocycles. The summed E-state index contributed by atoms with van der Waals surface area (Å²) in [7, 11) is 0. The molecule has 0 fully saturated rings. The van der Waals surface area contributed by atoms with Crippen molar-refractivity contribution in [1.29, 1.82) is 0 Å². The Hall–Kier alpha value is -4.46. The van der Waals surface area contributed by atoms with Crippen molar-refractivity contribution in [3.63, 3.8) is 0 Å². The summed E-state index contributed by atoms with van der Waals surface area (Å²) in [6.07, 6.45) is 1.57. The second-order valence-electron chi connectivity index (χ2n) is 7.66. The maximum atomic E-state index is 13.2. The highest BCUT2D eigenvalue weighted by atomic mass is 16.5. The molecule has 0 aliphatic carbocycles. The molecule has 33 heavy (non-hydrogen) atoms. The summed E-state index contributed by atoms with van der Waals surface area (Å²) in [5, 5.41) is 11.6. The average Bonchev–Trinajstić information content (AvgIpc) is 3.60. The predicted octanol–water partition coefficient (Wildman–Crippen LogP) is 4.98. The molecular weight excluding hydrogens is 418 g/mol. The van der Waals surface area contributed by atoms with Crippen LogP contribution in [0, 0.1) is 6.92 Å². The van der Waals surface area contributed by atoms with Crippen LogP contribution in [0.15, 0.2) is 88.0 Å². The fourth-order valence-electron chi connectivity index (χ4n) is 3.42. The molecule has 8 heteroatoms. The number of hydrogen-bond acceptors (Lipinski definition) is 6. The third-order valence-corrected chi connectivity index (χ3v) is 5.19. The van der Waals surface area contributed by atoms with Gasteiger partial charge >= 0.3 is 0 Å². The number of aryl methyl sites for hydroxylation is 1. The number of amides is 1. The van der Waals surface area contributed by atoms with Crippen LogP contribution in [0.4, 0.5) is 0 Å². The summed E-state index contributed by atoms with van der Waals surface area (Å²) in [4.78, 5) is 17.7. The van der Waals surface area contributed by atoms with Crippen LogP contribution in [0.2, 0.25) is 0 Å². The van der Waals surface area contributed by atoms with Crippen molar-refractivity contribution in [3.05, 3.63) is 96.2 Å². The molecular formula is C25H21N5O3. The molecule has 1 atom stereocenters. The third-order valence-electron chi connectivity index (χ3n) is 5.19. The summed E-state index contributed by atoms with van der Waals surface area (Å²) in [6, 6.07) is 22.0. The molecule has 5 aromatic rings. The lowest BCUT2D eigenvalue weighted by molar-refractivity contribution is 0.0924.